The Balaban J connectivity index is 1.51. The van der Waals surface area contributed by atoms with Crippen LogP contribution in [0.4, 0.5) is 0 Å². The van der Waals surface area contributed by atoms with Crippen LogP contribution in [0.2, 0.25) is 0 Å². The van der Waals surface area contributed by atoms with Crippen LogP contribution in [0.25, 0.3) is 17.0 Å². The van der Waals surface area contributed by atoms with Gasteiger partial charge < -0.3 is 0 Å². The summed E-state index contributed by atoms with van der Waals surface area (Å²) in [7, 11) is -3.47. The Morgan fingerprint density at radius 2 is 1.73 bits per heavy atom. The summed E-state index contributed by atoms with van der Waals surface area (Å²) in [4.78, 5) is 2.38. The second kappa shape index (κ2) is 8.05. The lowest BCUT2D eigenvalue weighted by Crippen LogP contribution is -2.36. The van der Waals surface area contributed by atoms with E-state index in [1.165, 1.54) is 21.5 Å². The number of benzene rings is 2. The van der Waals surface area contributed by atoms with Crippen molar-refractivity contribution in [3.8, 4) is 0 Å². The number of hydrogen-bond donors (Lipinski definition) is 0. The number of rotatable bonds is 6. The summed E-state index contributed by atoms with van der Waals surface area (Å²) in [5.74, 6) is -0.0336. The molecule has 4 rings (SSSR count). The van der Waals surface area contributed by atoms with Crippen LogP contribution in [0.15, 0.2) is 60.8 Å². The van der Waals surface area contributed by atoms with Gasteiger partial charge in [-0.1, -0.05) is 69.3 Å². The van der Waals surface area contributed by atoms with Gasteiger partial charge in [0.15, 0.2) is 0 Å². The Morgan fingerprint density at radius 1 is 1.00 bits per heavy atom. The molecule has 0 saturated carbocycles. The van der Waals surface area contributed by atoms with Gasteiger partial charge in [-0.3, -0.25) is 4.90 Å². The first-order valence-electron chi connectivity index (χ1n) is 10.6. The molecule has 1 aliphatic heterocycles. The Bertz CT molecular complexity index is 1160. The quantitative estimate of drug-likeness (QED) is 0.559. The third kappa shape index (κ3) is 4.37. The Labute approximate surface area is 179 Å². The van der Waals surface area contributed by atoms with E-state index in [1.807, 2.05) is 36.4 Å². The fourth-order valence-corrected chi connectivity index (χ4v) is 5.05. The molecule has 0 radical (unpaired) electrons. The van der Waals surface area contributed by atoms with E-state index in [2.05, 4.69) is 43.9 Å². The smallest absolute Gasteiger partial charge is 0.242 e. The topological polar surface area (TPSA) is 42.3 Å². The normalized spacial score (nSPS) is 15.7. The fraction of sp³-hybridized carbons (Fsp3) is 0.360. The second-order valence-electron chi connectivity index (χ2n) is 9.14. The van der Waals surface area contributed by atoms with Crippen molar-refractivity contribution >= 4 is 27.0 Å². The lowest BCUT2D eigenvalue weighted by Gasteiger charge is -2.30. The molecule has 0 atom stereocenters. The molecule has 30 heavy (non-hydrogen) atoms. The van der Waals surface area contributed by atoms with Crippen LogP contribution in [0.5, 0.6) is 0 Å². The average Bonchev–Trinajstić information content (AvgIpc) is 3.10. The van der Waals surface area contributed by atoms with Gasteiger partial charge in [0, 0.05) is 18.1 Å². The molecule has 5 heteroatoms. The molecule has 1 fully saturated rings. The molecular weight excluding hydrogens is 392 g/mol. The molecule has 0 unspecified atom stereocenters. The first kappa shape index (κ1) is 20.9. The van der Waals surface area contributed by atoms with Crippen molar-refractivity contribution in [3.63, 3.8) is 0 Å². The van der Waals surface area contributed by atoms with E-state index < -0.39 is 10.0 Å². The Hall–Kier alpha value is -2.37. The van der Waals surface area contributed by atoms with E-state index in [0.29, 0.717) is 0 Å². The van der Waals surface area contributed by atoms with E-state index in [-0.39, 0.29) is 11.2 Å². The predicted molar refractivity (Wildman–Crippen MR) is 125 cm³/mol. The average molecular weight is 423 g/mol. The molecule has 1 aliphatic rings. The summed E-state index contributed by atoms with van der Waals surface area (Å²) in [6.07, 6.45) is 6.55. The molecule has 0 N–H and O–H groups in total. The highest BCUT2D eigenvalue weighted by molar-refractivity contribution is 7.90. The Kier molecular flexibility index (Phi) is 5.60. The summed E-state index contributed by atoms with van der Waals surface area (Å²) >= 11 is 0. The monoisotopic (exact) mass is 422 g/mol. The third-order valence-electron chi connectivity index (χ3n) is 5.82. The van der Waals surface area contributed by atoms with E-state index in [1.54, 1.807) is 12.3 Å². The maximum absolute atomic E-state index is 13.0. The molecule has 1 aromatic heterocycles. The van der Waals surface area contributed by atoms with Crippen molar-refractivity contribution in [3.05, 3.63) is 77.5 Å². The summed E-state index contributed by atoms with van der Waals surface area (Å²) in [6, 6.07) is 16.2. The minimum atomic E-state index is -3.47. The van der Waals surface area contributed by atoms with Crippen LogP contribution in [-0.4, -0.2) is 36.1 Å². The molecule has 4 nitrogen and oxygen atoms in total. The highest BCUT2D eigenvalue weighted by atomic mass is 32.2. The lowest BCUT2D eigenvalue weighted by atomic mass is 9.87. The maximum atomic E-state index is 13.0. The third-order valence-corrected chi connectivity index (χ3v) is 7.36. The first-order chi connectivity index (χ1) is 14.2. The van der Waals surface area contributed by atoms with Crippen molar-refractivity contribution < 1.29 is 8.42 Å². The van der Waals surface area contributed by atoms with E-state index in [9.17, 15) is 8.42 Å². The zero-order chi connectivity index (χ0) is 21.4. The van der Waals surface area contributed by atoms with E-state index in [4.69, 9.17) is 0 Å². The predicted octanol–water partition coefficient (Wildman–Crippen LogP) is 5.04. The van der Waals surface area contributed by atoms with Gasteiger partial charge in [-0.15, -0.1) is 0 Å². The summed E-state index contributed by atoms with van der Waals surface area (Å²) in [5, 5.41) is 1.02. The molecule has 2 aromatic carbocycles. The van der Waals surface area contributed by atoms with Crippen LogP contribution >= 0.6 is 0 Å². The number of fused-ring (bicyclic) bond motifs is 1. The van der Waals surface area contributed by atoms with Crippen molar-refractivity contribution in [1.29, 1.82) is 0 Å². The summed E-state index contributed by atoms with van der Waals surface area (Å²) in [6.45, 7) is 9.67. The van der Waals surface area contributed by atoms with Crippen LogP contribution in [0.3, 0.4) is 0 Å². The van der Waals surface area contributed by atoms with Crippen molar-refractivity contribution in [2.24, 2.45) is 0 Å². The van der Waals surface area contributed by atoms with Gasteiger partial charge in [-0.25, -0.2) is 12.4 Å². The molecule has 3 aromatic rings. The fourth-order valence-electron chi connectivity index (χ4n) is 3.85. The lowest BCUT2D eigenvalue weighted by molar-refractivity contribution is 0.173. The van der Waals surface area contributed by atoms with Crippen molar-refractivity contribution in [1.82, 2.24) is 8.87 Å². The zero-order valence-corrected chi connectivity index (χ0v) is 18.8. The van der Waals surface area contributed by atoms with Gasteiger partial charge in [0.1, 0.15) is 0 Å². The van der Waals surface area contributed by atoms with Crippen LogP contribution in [0, 0.1) is 0 Å². The van der Waals surface area contributed by atoms with Gasteiger partial charge in [-0.2, -0.15) is 0 Å². The molecule has 0 spiro atoms. The molecular formula is C25H30N2O2S. The standard InChI is InChI=1S/C25H30N2O2S/c1-25(2,3)22-12-10-20(11-13-22)7-5-18-30(28,29)27-17-14-23-21(8-4-9-24(23)27)19-26-15-6-16-26/h4-5,7-14,17H,6,15-16,18-19H2,1-3H3. The van der Waals surface area contributed by atoms with Crippen molar-refractivity contribution in [2.75, 3.05) is 18.8 Å². The minimum Gasteiger partial charge on any atom is -0.299 e. The summed E-state index contributed by atoms with van der Waals surface area (Å²) in [5.41, 5.74) is 4.33. The van der Waals surface area contributed by atoms with Gasteiger partial charge in [0.25, 0.3) is 0 Å². The first-order valence-corrected chi connectivity index (χ1v) is 12.2. The SMILES string of the molecule is CC(C)(C)c1ccc(C=CCS(=O)(=O)n2ccc3c(CN4CCC4)cccc32)cc1. The molecule has 158 valence electrons. The van der Waals surface area contributed by atoms with Crippen LogP contribution < -0.4 is 0 Å². The number of hydrogen-bond acceptors (Lipinski definition) is 3. The van der Waals surface area contributed by atoms with Gasteiger partial charge in [-0.05, 0) is 53.7 Å². The molecule has 1 saturated heterocycles. The van der Waals surface area contributed by atoms with Gasteiger partial charge in [0.2, 0.25) is 10.0 Å². The van der Waals surface area contributed by atoms with E-state index in [0.717, 1.165) is 36.1 Å². The van der Waals surface area contributed by atoms with Gasteiger partial charge >= 0.3 is 0 Å². The van der Waals surface area contributed by atoms with Crippen LogP contribution in [0.1, 0.15) is 43.9 Å². The molecule has 0 bridgehead atoms. The molecule has 0 aliphatic carbocycles. The number of aromatic nitrogens is 1. The Morgan fingerprint density at radius 3 is 2.37 bits per heavy atom. The molecule has 2 heterocycles. The maximum Gasteiger partial charge on any atom is 0.242 e. The zero-order valence-electron chi connectivity index (χ0n) is 18.0. The number of likely N-dealkylation sites (tertiary alicyclic amines) is 1. The minimum absolute atomic E-state index is 0.0336. The highest BCUT2D eigenvalue weighted by Crippen LogP contribution is 2.25. The largest absolute Gasteiger partial charge is 0.299 e. The highest BCUT2D eigenvalue weighted by Gasteiger charge is 2.19. The van der Waals surface area contributed by atoms with E-state index >= 15 is 0 Å². The number of nitrogens with zero attached hydrogens (tertiary/aromatic N) is 2. The van der Waals surface area contributed by atoms with Crippen molar-refractivity contribution in [2.45, 2.75) is 39.2 Å². The molecule has 0 amide bonds. The second-order valence-corrected chi connectivity index (χ2v) is 11.0. The summed E-state index contributed by atoms with van der Waals surface area (Å²) < 4.78 is 27.4. The van der Waals surface area contributed by atoms with Gasteiger partial charge in [0.05, 0.1) is 11.3 Å². The van der Waals surface area contributed by atoms with Crippen LogP contribution in [-0.2, 0) is 22.0 Å².